The highest BCUT2D eigenvalue weighted by Gasteiger charge is 2.11. The molecule has 0 aliphatic heterocycles. The van der Waals surface area contributed by atoms with Gasteiger partial charge in [-0.25, -0.2) is 4.79 Å². The second-order valence-corrected chi connectivity index (χ2v) is 5.12. The molecule has 0 aromatic heterocycles. The van der Waals surface area contributed by atoms with E-state index in [1.807, 2.05) is 19.9 Å². The topological polar surface area (TPSA) is 78.4 Å². The standard InChI is InChI=1S/C17H18N2O3/c1-10-8-13(18-12(3)20)9-16(11(10)2)19-15-7-5-4-6-14(15)17(21)22/h4-9,19H,1-3H3,(H,18,20)(H,21,22). The van der Waals surface area contributed by atoms with E-state index in [1.54, 1.807) is 30.3 Å². The molecule has 0 heterocycles. The summed E-state index contributed by atoms with van der Waals surface area (Å²) in [6.45, 7) is 5.33. The van der Waals surface area contributed by atoms with Crippen LogP contribution < -0.4 is 10.6 Å². The number of hydrogen-bond acceptors (Lipinski definition) is 3. The Kier molecular flexibility index (Phi) is 4.46. The van der Waals surface area contributed by atoms with Crippen LogP contribution in [0.2, 0.25) is 0 Å². The molecule has 5 nitrogen and oxygen atoms in total. The van der Waals surface area contributed by atoms with Gasteiger partial charge in [-0.15, -0.1) is 0 Å². The molecular formula is C17H18N2O3. The molecular weight excluding hydrogens is 280 g/mol. The summed E-state index contributed by atoms with van der Waals surface area (Å²) >= 11 is 0. The van der Waals surface area contributed by atoms with E-state index in [2.05, 4.69) is 10.6 Å². The zero-order valence-corrected chi connectivity index (χ0v) is 12.7. The van der Waals surface area contributed by atoms with Crippen molar-refractivity contribution >= 4 is 28.9 Å². The van der Waals surface area contributed by atoms with Crippen molar-refractivity contribution in [3.05, 3.63) is 53.1 Å². The first-order valence-electron chi connectivity index (χ1n) is 6.86. The molecule has 0 radical (unpaired) electrons. The lowest BCUT2D eigenvalue weighted by Gasteiger charge is -2.15. The maximum absolute atomic E-state index is 11.3. The van der Waals surface area contributed by atoms with Gasteiger partial charge in [-0.3, -0.25) is 4.79 Å². The van der Waals surface area contributed by atoms with E-state index in [4.69, 9.17) is 0 Å². The van der Waals surface area contributed by atoms with Gasteiger partial charge in [0.1, 0.15) is 0 Å². The molecule has 0 unspecified atom stereocenters. The maximum Gasteiger partial charge on any atom is 0.337 e. The SMILES string of the molecule is CC(=O)Nc1cc(C)c(C)c(Nc2ccccc2C(=O)O)c1. The van der Waals surface area contributed by atoms with Crippen LogP contribution in [0, 0.1) is 13.8 Å². The van der Waals surface area contributed by atoms with Gasteiger partial charge >= 0.3 is 5.97 Å². The van der Waals surface area contributed by atoms with Crippen LogP contribution in [0.5, 0.6) is 0 Å². The average molecular weight is 298 g/mol. The average Bonchev–Trinajstić information content (AvgIpc) is 2.44. The highest BCUT2D eigenvalue weighted by molar-refractivity contribution is 5.95. The molecule has 0 aliphatic rings. The fourth-order valence-corrected chi connectivity index (χ4v) is 2.19. The Morgan fingerprint density at radius 1 is 1.05 bits per heavy atom. The Labute approximate surface area is 129 Å². The number of rotatable bonds is 4. The predicted molar refractivity (Wildman–Crippen MR) is 86.9 cm³/mol. The number of benzene rings is 2. The lowest BCUT2D eigenvalue weighted by Crippen LogP contribution is -2.08. The van der Waals surface area contributed by atoms with E-state index in [-0.39, 0.29) is 11.5 Å². The van der Waals surface area contributed by atoms with Gasteiger partial charge in [-0.1, -0.05) is 12.1 Å². The molecule has 0 saturated heterocycles. The Morgan fingerprint density at radius 3 is 2.36 bits per heavy atom. The van der Waals surface area contributed by atoms with E-state index in [0.717, 1.165) is 16.8 Å². The quantitative estimate of drug-likeness (QED) is 0.804. The van der Waals surface area contributed by atoms with Crippen LogP contribution in [0.4, 0.5) is 17.1 Å². The van der Waals surface area contributed by atoms with Crippen molar-refractivity contribution in [3.63, 3.8) is 0 Å². The largest absolute Gasteiger partial charge is 0.478 e. The number of hydrogen-bond donors (Lipinski definition) is 3. The first kappa shape index (κ1) is 15.6. The molecule has 0 atom stereocenters. The van der Waals surface area contributed by atoms with Crippen LogP contribution in [0.1, 0.15) is 28.4 Å². The molecule has 2 aromatic rings. The summed E-state index contributed by atoms with van der Waals surface area (Å²) in [6.07, 6.45) is 0. The first-order valence-corrected chi connectivity index (χ1v) is 6.86. The second kappa shape index (κ2) is 6.30. The summed E-state index contributed by atoms with van der Waals surface area (Å²) in [6, 6.07) is 10.4. The summed E-state index contributed by atoms with van der Waals surface area (Å²) in [5, 5.41) is 15.1. The van der Waals surface area contributed by atoms with Crippen molar-refractivity contribution in [2.75, 3.05) is 10.6 Å². The van der Waals surface area contributed by atoms with Crippen molar-refractivity contribution in [2.45, 2.75) is 20.8 Å². The monoisotopic (exact) mass is 298 g/mol. The number of nitrogens with one attached hydrogen (secondary N) is 2. The van der Waals surface area contributed by atoms with Crippen molar-refractivity contribution in [3.8, 4) is 0 Å². The van der Waals surface area contributed by atoms with Crippen molar-refractivity contribution in [2.24, 2.45) is 0 Å². The number of aryl methyl sites for hydroxylation is 1. The number of carbonyl (C=O) groups is 2. The number of carbonyl (C=O) groups excluding carboxylic acids is 1. The van der Waals surface area contributed by atoms with Gasteiger partial charge in [-0.05, 0) is 49.2 Å². The lowest BCUT2D eigenvalue weighted by molar-refractivity contribution is -0.114. The normalized spacial score (nSPS) is 10.1. The third kappa shape index (κ3) is 3.44. The molecule has 2 aromatic carbocycles. The van der Waals surface area contributed by atoms with Crippen LogP contribution in [-0.4, -0.2) is 17.0 Å². The zero-order chi connectivity index (χ0) is 16.3. The fourth-order valence-electron chi connectivity index (χ4n) is 2.19. The van der Waals surface area contributed by atoms with Crippen LogP contribution >= 0.6 is 0 Å². The molecule has 0 fully saturated rings. The van der Waals surface area contributed by atoms with Crippen LogP contribution in [0.15, 0.2) is 36.4 Å². The summed E-state index contributed by atoms with van der Waals surface area (Å²) in [5.41, 5.74) is 4.14. The molecule has 0 aliphatic carbocycles. The summed E-state index contributed by atoms with van der Waals surface area (Å²) < 4.78 is 0. The second-order valence-electron chi connectivity index (χ2n) is 5.12. The number of carboxylic acid groups (broad SMARTS) is 1. The Bertz CT molecular complexity index is 739. The minimum absolute atomic E-state index is 0.153. The highest BCUT2D eigenvalue weighted by atomic mass is 16.4. The number of anilines is 3. The molecule has 0 bridgehead atoms. The van der Waals surface area contributed by atoms with Gasteiger partial charge in [0, 0.05) is 18.3 Å². The number of aromatic carboxylic acids is 1. The van der Waals surface area contributed by atoms with E-state index >= 15 is 0 Å². The van der Waals surface area contributed by atoms with Gasteiger partial charge in [0.15, 0.2) is 0 Å². The molecule has 22 heavy (non-hydrogen) atoms. The minimum Gasteiger partial charge on any atom is -0.478 e. The minimum atomic E-state index is -0.990. The van der Waals surface area contributed by atoms with E-state index in [1.165, 1.54) is 6.92 Å². The molecule has 5 heteroatoms. The summed E-state index contributed by atoms with van der Waals surface area (Å²) in [4.78, 5) is 22.5. The fraction of sp³-hybridized carbons (Fsp3) is 0.176. The van der Waals surface area contributed by atoms with Gasteiger partial charge < -0.3 is 15.7 Å². The Balaban J connectivity index is 2.43. The molecule has 1 amide bonds. The van der Waals surface area contributed by atoms with Crippen LogP contribution in [0.25, 0.3) is 0 Å². The number of carboxylic acids is 1. The van der Waals surface area contributed by atoms with Crippen molar-refractivity contribution in [1.29, 1.82) is 0 Å². The zero-order valence-electron chi connectivity index (χ0n) is 12.7. The van der Waals surface area contributed by atoms with E-state index < -0.39 is 5.97 Å². The molecule has 0 saturated carbocycles. The van der Waals surface area contributed by atoms with Crippen LogP contribution in [0.3, 0.4) is 0 Å². The number of para-hydroxylation sites is 1. The van der Waals surface area contributed by atoms with Gasteiger partial charge in [0.25, 0.3) is 0 Å². The van der Waals surface area contributed by atoms with Crippen molar-refractivity contribution < 1.29 is 14.7 Å². The maximum atomic E-state index is 11.3. The highest BCUT2D eigenvalue weighted by Crippen LogP contribution is 2.28. The molecule has 0 spiro atoms. The lowest BCUT2D eigenvalue weighted by atomic mass is 10.1. The summed E-state index contributed by atoms with van der Waals surface area (Å²) in [7, 11) is 0. The third-order valence-electron chi connectivity index (χ3n) is 3.41. The number of amides is 1. The molecule has 2 rings (SSSR count). The summed E-state index contributed by atoms with van der Waals surface area (Å²) in [5.74, 6) is -1.14. The van der Waals surface area contributed by atoms with E-state index in [9.17, 15) is 14.7 Å². The van der Waals surface area contributed by atoms with Gasteiger partial charge in [0.05, 0.1) is 11.3 Å². The molecule has 3 N–H and O–H groups in total. The Morgan fingerprint density at radius 2 is 1.73 bits per heavy atom. The molecule has 114 valence electrons. The van der Waals surface area contributed by atoms with Crippen molar-refractivity contribution in [1.82, 2.24) is 0 Å². The first-order chi connectivity index (χ1) is 10.4. The third-order valence-corrected chi connectivity index (χ3v) is 3.41. The Hall–Kier alpha value is -2.82. The van der Waals surface area contributed by atoms with Crippen LogP contribution in [-0.2, 0) is 4.79 Å². The van der Waals surface area contributed by atoms with E-state index in [0.29, 0.717) is 11.4 Å². The smallest absolute Gasteiger partial charge is 0.337 e. The van der Waals surface area contributed by atoms with Gasteiger partial charge in [0.2, 0.25) is 5.91 Å². The predicted octanol–water partition coefficient (Wildman–Crippen LogP) is 3.70. The van der Waals surface area contributed by atoms with Gasteiger partial charge in [-0.2, -0.15) is 0 Å².